The molecule has 0 amide bonds. The Kier molecular flexibility index (Phi) is 5.82. The number of fused-ring (bicyclic) bond motifs is 1. The van der Waals surface area contributed by atoms with Gasteiger partial charge in [-0.1, -0.05) is 42.5 Å². The molecule has 152 valence electrons. The number of furan rings is 1. The number of methoxy groups -OCH3 is 1. The number of rotatable bonds is 7. The average Bonchev–Trinajstić information content (AvgIpc) is 3.21. The highest BCUT2D eigenvalue weighted by atomic mass is 16.5. The Balaban J connectivity index is 1.58. The van der Waals surface area contributed by atoms with E-state index in [9.17, 15) is 4.79 Å². The Labute approximate surface area is 175 Å². The molecule has 2 N–H and O–H groups in total. The van der Waals surface area contributed by atoms with Gasteiger partial charge in [-0.3, -0.25) is 4.79 Å². The highest BCUT2D eigenvalue weighted by Crippen LogP contribution is 2.32. The maximum Gasteiger partial charge on any atom is 0.310 e. The highest BCUT2D eigenvalue weighted by Gasteiger charge is 2.12. The molecular formula is C25H23NO4. The number of ether oxygens (including phenoxy) is 2. The second kappa shape index (κ2) is 8.84. The number of para-hydroxylation sites is 1. The summed E-state index contributed by atoms with van der Waals surface area (Å²) in [5.41, 5.74) is 11.6. The van der Waals surface area contributed by atoms with Crippen molar-refractivity contribution in [1.29, 1.82) is 0 Å². The molecule has 0 aliphatic rings. The third-order valence-electron chi connectivity index (χ3n) is 5.04. The number of nitrogens with two attached hydrogens (primary N) is 1. The van der Waals surface area contributed by atoms with Crippen molar-refractivity contribution >= 4 is 16.9 Å². The van der Waals surface area contributed by atoms with Crippen LogP contribution in [0.15, 0.2) is 77.4 Å². The monoisotopic (exact) mass is 401 g/mol. The van der Waals surface area contributed by atoms with Gasteiger partial charge in [0.05, 0.1) is 19.8 Å². The van der Waals surface area contributed by atoms with E-state index >= 15 is 0 Å². The van der Waals surface area contributed by atoms with Gasteiger partial charge in [-0.2, -0.15) is 0 Å². The first kappa shape index (κ1) is 19.7. The number of carbonyl (C=O) groups excluding carboxylic acids is 1. The van der Waals surface area contributed by atoms with Crippen LogP contribution < -0.4 is 10.5 Å². The summed E-state index contributed by atoms with van der Waals surface area (Å²) in [6.45, 7) is 0.870. The molecule has 0 aliphatic heterocycles. The first-order chi connectivity index (χ1) is 14.7. The van der Waals surface area contributed by atoms with Gasteiger partial charge in [0, 0.05) is 23.1 Å². The normalized spacial score (nSPS) is 10.9. The topological polar surface area (TPSA) is 74.7 Å². The molecule has 1 aromatic heterocycles. The Hall–Kier alpha value is -3.57. The summed E-state index contributed by atoms with van der Waals surface area (Å²) in [6.07, 6.45) is 1.95. The molecule has 4 aromatic rings. The van der Waals surface area contributed by atoms with E-state index in [-0.39, 0.29) is 12.4 Å². The van der Waals surface area contributed by atoms with Gasteiger partial charge in [0.2, 0.25) is 0 Å². The Morgan fingerprint density at radius 1 is 1.00 bits per heavy atom. The fourth-order valence-corrected chi connectivity index (χ4v) is 3.43. The molecule has 5 heteroatoms. The fraction of sp³-hybridized carbons (Fsp3) is 0.160. The maximum atomic E-state index is 11.6. The van der Waals surface area contributed by atoms with Crippen molar-refractivity contribution in [2.75, 3.05) is 7.11 Å². The molecule has 0 saturated carbocycles. The SMILES string of the molecule is COC(=O)Cc1ccccc1OCc1ccc2occ(-c3cccc(CN)c3)c2c1. The van der Waals surface area contributed by atoms with Gasteiger partial charge in [0.15, 0.2) is 0 Å². The molecule has 30 heavy (non-hydrogen) atoms. The molecular weight excluding hydrogens is 378 g/mol. The van der Waals surface area contributed by atoms with Crippen LogP contribution in [0.3, 0.4) is 0 Å². The first-order valence-corrected chi connectivity index (χ1v) is 9.75. The molecule has 0 radical (unpaired) electrons. The Bertz CT molecular complexity index is 1180. The number of hydrogen-bond donors (Lipinski definition) is 1. The van der Waals surface area contributed by atoms with Crippen LogP contribution in [0.1, 0.15) is 16.7 Å². The molecule has 4 rings (SSSR count). The Morgan fingerprint density at radius 2 is 1.87 bits per heavy atom. The largest absolute Gasteiger partial charge is 0.489 e. The van der Waals surface area contributed by atoms with Gasteiger partial charge in [0.25, 0.3) is 0 Å². The summed E-state index contributed by atoms with van der Waals surface area (Å²) in [4.78, 5) is 11.6. The summed E-state index contributed by atoms with van der Waals surface area (Å²) in [5.74, 6) is 0.376. The molecule has 0 fully saturated rings. The molecule has 0 spiro atoms. The van der Waals surface area contributed by atoms with Gasteiger partial charge in [-0.15, -0.1) is 0 Å². The van der Waals surface area contributed by atoms with E-state index in [4.69, 9.17) is 19.6 Å². The minimum absolute atomic E-state index is 0.176. The fourth-order valence-electron chi connectivity index (χ4n) is 3.43. The van der Waals surface area contributed by atoms with Crippen molar-refractivity contribution in [3.8, 4) is 16.9 Å². The van der Waals surface area contributed by atoms with E-state index < -0.39 is 0 Å². The van der Waals surface area contributed by atoms with Gasteiger partial charge in [-0.05, 0) is 41.0 Å². The molecule has 0 saturated heterocycles. The minimum Gasteiger partial charge on any atom is -0.489 e. The lowest BCUT2D eigenvalue weighted by Crippen LogP contribution is -2.06. The number of carbonyl (C=O) groups is 1. The van der Waals surface area contributed by atoms with Crippen LogP contribution in [-0.2, 0) is 29.1 Å². The van der Waals surface area contributed by atoms with E-state index in [0.29, 0.717) is 18.9 Å². The summed E-state index contributed by atoms with van der Waals surface area (Å²) in [7, 11) is 1.38. The van der Waals surface area contributed by atoms with Gasteiger partial charge >= 0.3 is 5.97 Å². The lowest BCUT2D eigenvalue weighted by molar-refractivity contribution is -0.139. The molecule has 5 nitrogen and oxygen atoms in total. The summed E-state index contributed by atoms with van der Waals surface area (Å²) in [5, 5.41) is 1.02. The zero-order valence-electron chi connectivity index (χ0n) is 16.8. The lowest BCUT2D eigenvalue weighted by Gasteiger charge is -2.11. The maximum absolute atomic E-state index is 11.6. The number of benzene rings is 3. The molecule has 3 aromatic carbocycles. The predicted octanol–water partition coefficient (Wildman–Crippen LogP) is 4.85. The van der Waals surface area contributed by atoms with E-state index in [1.165, 1.54) is 7.11 Å². The van der Waals surface area contributed by atoms with Crippen molar-refractivity contribution in [1.82, 2.24) is 0 Å². The van der Waals surface area contributed by atoms with Crippen molar-refractivity contribution in [2.24, 2.45) is 5.73 Å². The smallest absolute Gasteiger partial charge is 0.310 e. The third kappa shape index (κ3) is 4.21. The summed E-state index contributed by atoms with van der Waals surface area (Å²) in [6, 6.07) is 21.6. The Morgan fingerprint density at radius 3 is 2.70 bits per heavy atom. The number of hydrogen-bond acceptors (Lipinski definition) is 5. The van der Waals surface area contributed by atoms with Crippen molar-refractivity contribution in [2.45, 2.75) is 19.6 Å². The predicted molar refractivity (Wildman–Crippen MR) is 116 cm³/mol. The molecule has 0 aliphatic carbocycles. The number of esters is 1. The minimum atomic E-state index is -0.296. The molecule has 1 heterocycles. The van der Waals surface area contributed by atoms with Gasteiger partial charge < -0.3 is 19.6 Å². The van der Waals surface area contributed by atoms with Gasteiger partial charge in [-0.25, -0.2) is 0 Å². The lowest BCUT2D eigenvalue weighted by atomic mass is 10.0. The molecule has 0 atom stereocenters. The third-order valence-corrected chi connectivity index (χ3v) is 5.04. The van der Waals surface area contributed by atoms with Crippen LogP contribution in [0.25, 0.3) is 22.1 Å². The quantitative estimate of drug-likeness (QED) is 0.448. The van der Waals surface area contributed by atoms with Crippen molar-refractivity contribution in [3.63, 3.8) is 0 Å². The average molecular weight is 401 g/mol. The zero-order chi connectivity index (χ0) is 20.9. The zero-order valence-corrected chi connectivity index (χ0v) is 16.8. The van der Waals surface area contributed by atoms with E-state index in [1.54, 1.807) is 6.26 Å². The van der Waals surface area contributed by atoms with Crippen LogP contribution in [0.4, 0.5) is 0 Å². The summed E-state index contributed by atoms with van der Waals surface area (Å²) >= 11 is 0. The van der Waals surface area contributed by atoms with Crippen molar-refractivity contribution in [3.05, 3.63) is 89.7 Å². The highest BCUT2D eigenvalue weighted by molar-refractivity contribution is 5.94. The van der Waals surface area contributed by atoms with Crippen LogP contribution in [-0.4, -0.2) is 13.1 Å². The standard InChI is InChI=1S/C25H23NO4/c1-28-25(27)13-20-6-2-3-8-23(20)29-15-18-9-10-24-21(12-18)22(16-30-24)19-7-4-5-17(11-19)14-26/h2-12,16H,13-15,26H2,1H3. The van der Waals surface area contributed by atoms with Crippen LogP contribution in [0.2, 0.25) is 0 Å². The van der Waals surface area contributed by atoms with Crippen LogP contribution in [0, 0.1) is 0 Å². The first-order valence-electron chi connectivity index (χ1n) is 9.75. The van der Waals surface area contributed by atoms with Crippen molar-refractivity contribution < 1.29 is 18.7 Å². The summed E-state index contributed by atoms with van der Waals surface area (Å²) < 4.78 is 16.5. The molecule has 0 unspecified atom stereocenters. The van der Waals surface area contributed by atoms with Crippen LogP contribution in [0.5, 0.6) is 5.75 Å². The van der Waals surface area contributed by atoms with E-state index in [0.717, 1.165) is 38.8 Å². The van der Waals surface area contributed by atoms with Gasteiger partial charge in [0.1, 0.15) is 17.9 Å². The van der Waals surface area contributed by atoms with E-state index in [2.05, 4.69) is 18.2 Å². The van der Waals surface area contributed by atoms with E-state index in [1.807, 2.05) is 48.5 Å². The molecule has 0 bridgehead atoms. The second-order valence-corrected chi connectivity index (χ2v) is 7.03. The van der Waals surface area contributed by atoms with Crippen LogP contribution >= 0.6 is 0 Å². The second-order valence-electron chi connectivity index (χ2n) is 7.03.